The molecule has 144 valence electrons. The molecule has 1 aliphatic heterocycles. The molecule has 2 bridgehead atoms. The minimum atomic E-state index is -0.498. The predicted molar refractivity (Wildman–Crippen MR) is 92.2 cm³/mol. The van der Waals surface area contributed by atoms with Crippen molar-refractivity contribution in [1.29, 1.82) is 0 Å². The third kappa shape index (κ3) is 2.98. The number of ether oxygens (including phenoxy) is 4. The van der Waals surface area contributed by atoms with E-state index >= 15 is 0 Å². The Bertz CT molecular complexity index is 790. The zero-order chi connectivity index (χ0) is 19.1. The molecule has 5 atom stereocenters. The van der Waals surface area contributed by atoms with E-state index in [4.69, 9.17) is 18.9 Å². The van der Waals surface area contributed by atoms with Gasteiger partial charge in [0.05, 0.1) is 31.7 Å². The Labute approximate surface area is 156 Å². The van der Waals surface area contributed by atoms with Crippen LogP contribution in [0.4, 0.5) is 5.69 Å². The third-order valence-electron chi connectivity index (χ3n) is 5.78. The van der Waals surface area contributed by atoms with Gasteiger partial charge in [0.1, 0.15) is 17.6 Å². The summed E-state index contributed by atoms with van der Waals surface area (Å²) < 4.78 is 20.9. The van der Waals surface area contributed by atoms with Crippen molar-refractivity contribution in [2.24, 2.45) is 23.7 Å². The van der Waals surface area contributed by atoms with Gasteiger partial charge in [-0.25, -0.2) is 0 Å². The standard InChI is InChI=1S/C19H21NO7/c1-24-10-3-4-12(14(7-10)25-2)20-15(21)8-26-18(22)16-9-5-11-13(6-9)27-19(23)17(11)16/h3-4,7,9,11,13,16-17H,5-6,8H2,1-2H3,(H,20,21)/t9-,11+,13-,16+,17+/m1/s1. The van der Waals surface area contributed by atoms with E-state index < -0.39 is 30.3 Å². The molecule has 1 N–H and O–H groups in total. The van der Waals surface area contributed by atoms with Crippen LogP contribution in [0.2, 0.25) is 0 Å². The van der Waals surface area contributed by atoms with Gasteiger partial charge in [-0.1, -0.05) is 0 Å². The summed E-state index contributed by atoms with van der Waals surface area (Å²) >= 11 is 0. The molecule has 0 unspecified atom stereocenters. The van der Waals surface area contributed by atoms with E-state index in [1.807, 2.05) is 0 Å². The Hall–Kier alpha value is -2.77. The lowest BCUT2D eigenvalue weighted by Gasteiger charge is -2.22. The lowest BCUT2D eigenvalue weighted by atomic mass is 9.80. The van der Waals surface area contributed by atoms with Crippen LogP contribution in [0.1, 0.15) is 12.8 Å². The molecule has 1 saturated heterocycles. The average Bonchev–Trinajstić information content (AvgIpc) is 3.29. The summed E-state index contributed by atoms with van der Waals surface area (Å²) in [6.45, 7) is -0.424. The molecule has 1 aromatic rings. The van der Waals surface area contributed by atoms with Gasteiger partial charge in [0.15, 0.2) is 6.61 Å². The van der Waals surface area contributed by atoms with Gasteiger partial charge in [-0.3, -0.25) is 14.4 Å². The first-order valence-electron chi connectivity index (χ1n) is 8.91. The molecule has 0 radical (unpaired) electrons. The second kappa shape index (κ2) is 6.75. The topological polar surface area (TPSA) is 100 Å². The van der Waals surface area contributed by atoms with Crippen LogP contribution >= 0.6 is 0 Å². The summed E-state index contributed by atoms with van der Waals surface area (Å²) in [5, 5.41) is 2.65. The fraction of sp³-hybridized carbons (Fsp3) is 0.526. The van der Waals surface area contributed by atoms with Crippen molar-refractivity contribution in [3.8, 4) is 11.5 Å². The number of nitrogens with one attached hydrogen (secondary N) is 1. The maximum absolute atomic E-state index is 12.5. The molecule has 0 aromatic heterocycles. The molecule has 3 fully saturated rings. The Morgan fingerprint density at radius 3 is 2.78 bits per heavy atom. The van der Waals surface area contributed by atoms with Crippen molar-refractivity contribution >= 4 is 23.5 Å². The molecule has 2 saturated carbocycles. The third-order valence-corrected chi connectivity index (χ3v) is 5.78. The summed E-state index contributed by atoms with van der Waals surface area (Å²) in [5.41, 5.74) is 0.446. The fourth-order valence-corrected chi connectivity index (χ4v) is 4.65. The molecule has 1 heterocycles. The van der Waals surface area contributed by atoms with Crippen LogP contribution in [0.25, 0.3) is 0 Å². The Morgan fingerprint density at radius 1 is 1.22 bits per heavy atom. The number of hydrogen-bond donors (Lipinski definition) is 1. The first-order valence-corrected chi connectivity index (χ1v) is 8.91. The molecule has 1 aromatic carbocycles. The molecule has 4 rings (SSSR count). The van der Waals surface area contributed by atoms with E-state index in [-0.39, 0.29) is 23.9 Å². The summed E-state index contributed by atoms with van der Waals surface area (Å²) in [4.78, 5) is 36.6. The second-order valence-corrected chi connectivity index (χ2v) is 7.14. The van der Waals surface area contributed by atoms with Crippen LogP contribution in [0, 0.1) is 23.7 Å². The van der Waals surface area contributed by atoms with Crippen LogP contribution in [0.3, 0.4) is 0 Å². The molecule has 8 heteroatoms. The summed E-state index contributed by atoms with van der Waals surface area (Å²) in [6.07, 6.45) is 1.49. The number of benzene rings is 1. The smallest absolute Gasteiger partial charge is 0.310 e. The van der Waals surface area contributed by atoms with Crippen molar-refractivity contribution in [3.05, 3.63) is 18.2 Å². The van der Waals surface area contributed by atoms with Gasteiger partial charge in [-0.05, 0) is 30.9 Å². The SMILES string of the molecule is COc1ccc(NC(=O)COC(=O)[C@H]2[C@@H]3C[C@@H]4[C@@H]2C(=O)O[C@@H]4C3)c(OC)c1. The van der Waals surface area contributed by atoms with E-state index in [9.17, 15) is 14.4 Å². The maximum Gasteiger partial charge on any atom is 0.310 e. The highest BCUT2D eigenvalue weighted by Crippen LogP contribution is 2.57. The van der Waals surface area contributed by atoms with Crippen LogP contribution in [-0.2, 0) is 23.9 Å². The minimum Gasteiger partial charge on any atom is -0.497 e. The molecule has 2 aliphatic carbocycles. The maximum atomic E-state index is 12.5. The highest BCUT2D eigenvalue weighted by Gasteiger charge is 2.64. The number of anilines is 1. The van der Waals surface area contributed by atoms with Crippen LogP contribution < -0.4 is 14.8 Å². The zero-order valence-electron chi connectivity index (χ0n) is 15.1. The van der Waals surface area contributed by atoms with Crippen molar-refractivity contribution in [2.75, 3.05) is 26.1 Å². The van der Waals surface area contributed by atoms with Crippen molar-refractivity contribution in [1.82, 2.24) is 0 Å². The highest BCUT2D eigenvalue weighted by atomic mass is 16.6. The van der Waals surface area contributed by atoms with Crippen LogP contribution in [-0.4, -0.2) is 44.8 Å². The van der Waals surface area contributed by atoms with E-state index in [2.05, 4.69) is 5.32 Å². The number of methoxy groups -OCH3 is 2. The minimum absolute atomic E-state index is 0.0395. The molecular weight excluding hydrogens is 354 g/mol. The van der Waals surface area contributed by atoms with Crippen molar-refractivity contribution < 1.29 is 33.3 Å². The first-order chi connectivity index (χ1) is 13.0. The Balaban J connectivity index is 1.35. The predicted octanol–water partition coefficient (Wildman–Crippen LogP) is 1.38. The number of fused-ring (bicyclic) bond motifs is 1. The Morgan fingerprint density at radius 2 is 2.04 bits per heavy atom. The molecule has 27 heavy (non-hydrogen) atoms. The van der Waals surface area contributed by atoms with Crippen molar-refractivity contribution in [2.45, 2.75) is 18.9 Å². The van der Waals surface area contributed by atoms with E-state index in [1.165, 1.54) is 14.2 Å². The fourth-order valence-electron chi connectivity index (χ4n) is 4.65. The molecular formula is C19H21NO7. The summed E-state index contributed by atoms with van der Waals surface area (Å²) in [7, 11) is 3.01. The van der Waals surface area contributed by atoms with Gasteiger partial charge in [-0.2, -0.15) is 0 Å². The molecule has 8 nitrogen and oxygen atoms in total. The van der Waals surface area contributed by atoms with E-state index in [0.717, 1.165) is 6.42 Å². The van der Waals surface area contributed by atoms with Gasteiger partial charge in [0.25, 0.3) is 5.91 Å². The average molecular weight is 375 g/mol. The van der Waals surface area contributed by atoms with Gasteiger partial charge >= 0.3 is 11.9 Å². The lowest BCUT2D eigenvalue weighted by Crippen LogP contribution is -2.35. The molecule has 1 amide bonds. The summed E-state index contributed by atoms with van der Waals surface area (Å²) in [6, 6.07) is 4.96. The molecule has 3 aliphatic rings. The zero-order valence-corrected chi connectivity index (χ0v) is 15.1. The van der Waals surface area contributed by atoms with E-state index in [1.54, 1.807) is 18.2 Å². The largest absolute Gasteiger partial charge is 0.497 e. The number of rotatable bonds is 6. The quantitative estimate of drug-likeness (QED) is 0.750. The van der Waals surface area contributed by atoms with Gasteiger partial charge in [0, 0.05) is 12.0 Å². The molecule has 0 spiro atoms. The van der Waals surface area contributed by atoms with Gasteiger partial charge in [0.2, 0.25) is 0 Å². The highest BCUT2D eigenvalue weighted by molar-refractivity contribution is 5.95. The van der Waals surface area contributed by atoms with Gasteiger partial charge < -0.3 is 24.3 Å². The monoisotopic (exact) mass is 375 g/mol. The van der Waals surface area contributed by atoms with Gasteiger partial charge in [-0.15, -0.1) is 0 Å². The van der Waals surface area contributed by atoms with Crippen molar-refractivity contribution in [3.63, 3.8) is 0 Å². The van der Waals surface area contributed by atoms with Crippen LogP contribution in [0.5, 0.6) is 11.5 Å². The number of esters is 2. The number of carbonyl (C=O) groups excluding carboxylic acids is 3. The number of amides is 1. The van der Waals surface area contributed by atoms with E-state index in [0.29, 0.717) is 23.6 Å². The normalized spacial score (nSPS) is 30.0. The Kier molecular flexibility index (Phi) is 4.41. The number of hydrogen-bond acceptors (Lipinski definition) is 7. The number of carbonyl (C=O) groups is 3. The van der Waals surface area contributed by atoms with Crippen LogP contribution in [0.15, 0.2) is 18.2 Å². The summed E-state index contributed by atoms with van der Waals surface area (Å²) in [5.74, 6) is -0.944. The first kappa shape index (κ1) is 17.6. The lowest BCUT2D eigenvalue weighted by molar-refractivity contribution is -0.157. The second-order valence-electron chi connectivity index (χ2n) is 7.14.